The molecule has 1 unspecified atom stereocenters. The van der Waals surface area contributed by atoms with E-state index in [9.17, 15) is 9.59 Å². The van der Waals surface area contributed by atoms with Crippen molar-refractivity contribution in [2.75, 3.05) is 13.1 Å². The van der Waals surface area contributed by atoms with E-state index in [1.165, 1.54) is 18.5 Å². The highest BCUT2D eigenvalue weighted by atomic mass is 16.2. The van der Waals surface area contributed by atoms with Crippen LogP contribution in [0.5, 0.6) is 0 Å². The average Bonchev–Trinajstić information content (AvgIpc) is 2.29. The highest BCUT2D eigenvalue weighted by molar-refractivity contribution is 5.93. The Labute approximate surface area is 93.3 Å². The van der Waals surface area contributed by atoms with Crippen LogP contribution in [0.1, 0.15) is 23.2 Å². The van der Waals surface area contributed by atoms with Crippen LogP contribution in [-0.4, -0.2) is 34.9 Å². The molecule has 1 atom stereocenters. The van der Waals surface area contributed by atoms with E-state index in [0.29, 0.717) is 13.1 Å². The van der Waals surface area contributed by atoms with Crippen LogP contribution < -0.4 is 11.2 Å². The Balaban J connectivity index is 2.19. The molecule has 2 heterocycles. The highest BCUT2D eigenvalue weighted by Gasteiger charge is 2.23. The Hall–Kier alpha value is -1.62. The number of nitrogens with two attached hydrogens (primary N) is 1. The molecule has 0 saturated carbocycles. The van der Waals surface area contributed by atoms with Crippen molar-refractivity contribution in [2.45, 2.75) is 18.9 Å². The lowest BCUT2D eigenvalue weighted by molar-refractivity contribution is 0.0707. The van der Waals surface area contributed by atoms with Crippen LogP contribution in [0.4, 0.5) is 0 Å². The molecule has 5 heteroatoms. The molecule has 16 heavy (non-hydrogen) atoms. The summed E-state index contributed by atoms with van der Waals surface area (Å²) in [6.45, 7) is 1.22. The Kier molecular flexibility index (Phi) is 3.05. The number of hydrogen-bond acceptors (Lipinski definition) is 3. The summed E-state index contributed by atoms with van der Waals surface area (Å²) >= 11 is 0. The zero-order valence-electron chi connectivity index (χ0n) is 8.98. The minimum absolute atomic E-state index is 0.0282. The molecule has 1 amide bonds. The number of rotatable bonds is 1. The van der Waals surface area contributed by atoms with Gasteiger partial charge in [-0.2, -0.15) is 0 Å². The average molecular weight is 221 g/mol. The Bertz CT molecular complexity index is 441. The number of pyridine rings is 1. The fraction of sp³-hybridized carbons (Fsp3) is 0.455. The van der Waals surface area contributed by atoms with Crippen LogP contribution in [0, 0.1) is 0 Å². The van der Waals surface area contributed by atoms with Crippen molar-refractivity contribution in [3.8, 4) is 0 Å². The predicted molar refractivity (Wildman–Crippen MR) is 60.2 cm³/mol. The summed E-state index contributed by atoms with van der Waals surface area (Å²) in [6, 6.07) is 1.39. The fourth-order valence-corrected chi connectivity index (χ4v) is 1.95. The van der Waals surface area contributed by atoms with E-state index in [1.54, 1.807) is 4.90 Å². The molecular formula is C11H15N3O2. The molecule has 1 aliphatic rings. The third-order valence-electron chi connectivity index (χ3n) is 2.80. The lowest BCUT2D eigenvalue weighted by Crippen LogP contribution is -2.46. The fourth-order valence-electron chi connectivity index (χ4n) is 1.95. The summed E-state index contributed by atoms with van der Waals surface area (Å²) in [6.07, 6.45) is 4.80. The Morgan fingerprint density at radius 2 is 2.38 bits per heavy atom. The second-order valence-corrected chi connectivity index (χ2v) is 4.08. The number of nitrogens with one attached hydrogen (secondary N) is 1. The molecule has 1 aromatic rings. The van der Waals surface area contributed by atoms with Gasteiger partial charge in [-0.15, -0.1) is 0 Å². The van der Waals surface area contributed by atoms with Crippen molar-refractivity contribution < 1.29 is 4.79 Å². The second kappa shape index (κ2) is 4.49. The molecular weight excluding hydrogens is 206 g/mol. The molecule has 1 fully saturated rings. The number of hydrogen-bond donors (Lipinski definition) is 2. The largest absolute Gasteiger partial charge is 0.367 e. The molecule has 86 valence electrons. The van der Waals surface area contributed by atoms with Gasteiger partial charge in [0.15, 0.2) is 5.43 Å². The lowest BCUT2D eigenvalue weighted by Gasteiger charge is -2.30. The molecule has 0 bridgehead atoms. The highest BCUT2D eigenvalue weighted by Crippen LogP contribution is 2.10. The maximum absolute atomic E-state index is 12.0. The number of H-pyrrole nitrogens is 1. The zero-order valence-corrected chi connectivity index (χ0v) is 8.98. The summed E-state index contributed by atoms with van der Waals surface area (Å²) in [4.78, 5) is 27.9. The van der Waals surface area contributed by atoms with Crippen LogP contribution in [0.2, 0.25) is 0 Å². The van der Waals surface area contributed by atoms with Gasteiger partial charge in [0, 0.05) is 37.6 Å². The van der Waals surface area contributed by atoms with Crippen molar-refractivity contribution in [1.29, 1.82) is 0 Å². The molecule has 0 aromatic carbocycles. The normalized spacial score (nSPS) is 20.8. The summed E-state index contributed by atoms with van der Waals surface area (Å²) in [7, 11) is 0. The van der Waals surface area contributed by atoms with Crippen molar-refractivity contribution in [3.05, 3.63) is 34.2 Å². The summed E-state index contributed by atoms with van der Waals surface area (Å²) in [5.74, 6) is -0.225. The maximum atomic E-state index is 12.0. The van der Waals surface area contributed by atoms with Gasteiger partial charge < -0.3 is 15.6 Å². The van der Waals surface area contributed by atoms with Crippen LogP contribution in [-0.2, 0) is 0 Å². The van der Waals surface area contributed by atoms with Gasteiger partial charge in [0.2, 0.25) is 0 Å². The molecule has 1 saturated heterocycles. The van der Waals surface area contributed by atoms with Crippen LogP contribution >= 0.6 is 0 Å². The summed E-state index contributed by atoms with van der Waals surface area (Å²) in [5, 5.41) is 0. The third kappa shape index (κ3) is 2.14. The first kappa shape index (κ1) is 10.9. The molecule has 0 radical (unpaired) electrons. The van der Waals surface area contributed by atoms with E-state index in [-0.39, 0.29) is 22.9 Å². The van der Waals surface area contributed by atoms with E-state index in [1.807, 2.05) is 0 Å². The topological polar surface area (TPSA) is 79.2 Å². The number of nitrogens with zero attached hydrogens (tertiary/aromatic N) is 1. The van der Waals surface area contributed by atoms with E-state index >= 15 is 0 Å². The molecule has 1 aliphatic heterocycles. The predicted octanol–water partition coefficient (Wildman–Crippen LogP) is -0.0618. The number of piperidine rings is 1. The van der Waals surface area contributed by atoms with E-state index in [2.05, 4.69) is 4.98 Å². The van der Waals surface area contributed by atoms with Crippen LogP contribution in [0.3, 0.4) is 0 Å². The number of aromatic amines is 1. The van der Waals surface area contributed by atoms with Crippen LogP contribution in [0.15, 0.2) is 23.3 Å². The first-order valence-corrected chi connectivity index (χ1v) is 5.40. The number of carbonyl (C=O) groups excluding carboxylic acids is 1. The lowest BCUT2D eigenvalue weighted by atomic mass is 10.1. The van der Waals surface area contributed by atoms with Gasteiger partial charge in [-0.1, -0.05) is 0 Å². The minimum atomic E-state index is -0.247. The van der Waals surface area contributed by atoms with Gasteiger partial charge in [-0.25, -0.2) is 0 Å². The third-order valence-corrected chi connectivity index (χ3v) is 2.80. The Morgan fingerprint density at radius 1 is 1.56 bits per heavy atom. The number of carbonyl (C=O) groups is 1. The quantitative estimate of drug-likeness (QED) is 0.697. The van der Waals surface area contributed by atoms with Crippen molar-refractivity contribution in [1.82, 2.24) is 9.88 Å². The van der Waals surface area contributed by atoms with Crippen molar-refractivity contribution in [3.63, 3.8) is 0 Å². The van der Waals surface area contributed by atoms with E-state index in [4.69, 9.17) is 5.73 Å². The van der Waals surface area contributed by atoms with Gasteiger partial charge >= 0.3 is 0 Å². The smallest absolute Gasteiger partial charge is 0.259 e. The summed E-state index contributed by atoms with van der Waals surface area (Å²) < 4.78 is 0. The van der Waals surface area contributed by atoms with Gasteiger partial charge in [0.1, 0.15) is 5.56 Å². The van der Waals surface area contributed by atoms with E-state index in [0.717, 1.165) is 12.8 Å². The number of likely N-dealkylation sites (tertiary alicyclic amines) is 1. The second-order valence-electron chi connectivity index (χ2n) is 4.08. The minimum Gasteiger partial charge on any atom is -0.367 e. The summed E-state index contributed by atoms with van der Waals surface area (Å²) in [5.41, 5.74) is 5.74. The standard InChI is InChI=1S/C11H15N3O2/c12-8-2-1-5-14(7-8)11(16)9-6-13-4-3-10(9)15/h3-4,6,8H,1-2,5,7,12H2,(H,13,15). The molecule has 0 aliphatic carbocycles. The Morgan fingerprint density at radius 3 is 3.06 bits per heavy atom. The van der Waals surface area contributed by atoms with Gasteiger partial charge in [-0.05, 0) is 12.8 Å². The first-order valence-electron chi connectivity index (χ1n) is 5.40. The van der Waals surface area contributed by atoms with Crippen molar-refractivity contribution in [2.24, 2.45) is 5.73 Å². The molecule has 2 rings (SSSR count). The number of aromatic nitrogens is 1. The zero-order chi connectivity index (χ0) is 11.5. The molecule has 1 aromatic heterocycles. The molecule has 0 spiro atoms. The SMILES string of the molecule is NC1CCCN(C(=O)c2c[nH]ccc2=O)C1. The van der Waals surface area contributed by atoms with Crippen LogP contribution in [0.25, 0.3) is 0 Å². The maximum Gasteiger partial charge on any atom is 0.259 e. The van der Waals surface area contributed by atoms with E-state index < -0.39 is 0 Å². The van der Waals surface area contributed by atoms with Gasteiger partial charge in [0.05, 0.1) is 0 Å². The first-order chi connectivity index (χ1) is 7.68. The van der Waals surface area contributed by atoms with Crippen molar-refractivity contribution >= 4 is 5.91 Å². The molecule has 5 nitrogen and oxygen atoms in total. The molecule has 3 N–H and O–H groups in total. The number of amides is 1. The monoisotopic (exact) mass is 221 g/mol. The van der Waals surface area contributed by atoms with Gasteiger partial charge in [-0.3, -0.25) is 9.59 Å². The van der Waals surface area contributed by atoms with Gasteiger partial charge in [0.25, 0.3) is 5.91 Å².